The molecule has 3 N–H and O–H groups in total. The lowest BCUT2D eigenvalue weighted by molar-refractivity contribution is -0.139. The highest BCUT2D eigenvalue weighted by atomic mass is 32.2. The van der Waals surface area contributed by atoms with Gasteiger partial charge in [0, 0.05) is 6.04 Å². The van der Waals surface area contributed by atoms with Crippen LogP contribution in [0.2, 0.25) is 0 Å². The second kappa shape index (κ2) is 6.82. The molecule has 0 unspecified atom stereocenters. The van der Waals surface area contributed by atoms with E-state index < -0.39 is 23.0 Å². The molecule has 0 saturated heterocycles. The summed E-state index contributed by atoms with van der Waals surface area (Å²) >= 11 is 1.04. The molecule has 120 valence electrons. The fourth-order valence-corrected chi connectivity index (χ4v) is 2.71. The first-order valence-corrected chi connectivity index (χ1v) is 8.02. The third kappa shape index (κ3) is 3.59. The molecular weight excluding hydrogens is 310 g/mol. The predicted octanol–water partition coefficient (Wildman–Crippen LogP) is -0.0673. The van der Waals surface area contributed by atoms with Gasteiger partial charge in [0.15, 0.2) is 5.78 Å². The molecule has 1 aromatic heterocycles. The average molecular weight is 327 g/mol. The topological polar surface area (TPSA) is 124 Å². The lowest BCUT2D eigenvalue weighted by atomic mass is 10.2. The van der Waals surface area contributed by atoms with Gasteiger partial charge in [-0.3, -0.25) is 23.9 Å². The molecular formula is C13H17N3O5S. The number of carbonyl (C=O) groups excluding carboxylic acids is 2. The van der Waals surface area contributed by atoms with Gasteiger partial charge in [-0.05, 0) is 19.8 Å². The maximum atomic E-state index is 12.1. The van der Waals surface area contributed by atoms with Crippen LogP contribution in [0.25, 0.3) is 0 Å². The molecule has 0 bridgehead atoms. The molecule has 8 nitrogen and oxygen atoms in total. The number of esters is 1. The van der Waals surface area contributed by atoms with Crippen molar-refractivity contribution in [3.05, 3.63) is 26.4 Å². The maximum absolute atomic E-state index is 12.1. The SMILES string of the molecule is CCOC(=O)CSCC(=O)c1c(N)n(C2CC2)c(=O)[nH]c1=O. The van der Waals surface area contributed by atoms with Crippen LogP contribution in [0, 0.1) is 0 Å². The number of carbonyl (C=O) groups is 2. The summed E-state index contributed by atoms with van der Waals surface area (Å²) in [6.07, 6.45) is 1.59. The minimum Gasteiger partial charge on any atom is -0.465 e. The summed E-state index contributed by atoms with van der Waals surface area (Å²) in [6.45, 7) is 1.96. The normalized spacial score (nSPS) is 13.9. The number of hydrogen-bond acceptors (Lipinski definition) is 7. The molecule has 0 aliphatic heterocycles. The second-order valence-electron chi connectivity index (χ2n) is 4.84. The molecule has 22 heavy (non-hydrogen) atoms. The third-order valence-corrected chi connectivity index (χ3v) is 4.04. The van der Waals surface area contributed by atoms with Crippen LogP contribution >= 0.6 is 11.8 Å². The van der Waals surface area contributed by atoms with E-state index in [4.69, 9.17) is 10.5 Å². The van der Waals surface area contributed by atoms with E-state index in [0.29, 0.717) is 0 Å². The Morgan fingerprint density at radius 1 is 1.36 bits per heavy atom. The first-order valence-electron chi connectivity index (χ1n) is 6.86. The molecule has 0 amide bonds. The van der Waals surface area contributed by atoms with E-state index in [1.165, 1.54) is 4.57 Å². The number of nitrogens with zero attached hydrogens (tertiary/aromatic N) is 1. The van der Waals surface area contributed by atoms with Gasteiger partial charge in [-0.2, -0.15) is 0 Å². The summed E-state index contributed by atoms with van der Waals surface area (Å²) in [6, 6.07) is -0.0527. The van der Waals surface area contributed by atoms with Crippen LogP contribution in [0.15, 0.2) is 9.59 Å². The number of rotatable bonds is 7. The number of nitrogens with two attached hydrogens (primary N) is 1. The van der Waals surface area contributed by atoms with E-state index in [0.717, 1.165) is 24.6 Å². The lowest BCUT2D eigenvalue weighted by Gasteiger charge is -2.10. The average Bonchev–Trinajstić information content (AvgIpc) is 3.23. The maximum Gasteiger partial charge on any atom is 0.330 e. The molecule has 9 heteroatoms. The number of thioether (sulfide) groups is 1. The molecule has 1 saturated carbocycles. The Balaban J connectivity index is 2.13. The Kier molecular flexibility index (Phi) is 5.07. The van der Waals surface area contributed by atoms with Gasteiger partial charge in [0.1, 0.15) is 11.4 Å². The number of H-pyrrole nitrogens is 1. The number of nitrogens with one attached hydrogen (secondary N) is 1. The third-order valence-electron chi connectivity index (χ3n) is 3.13. The highest BCUT2D eigenvalue weighted by molar-refractivity contribution is 8.00. The van der Waals surface area contributed by atoms with E-state index in [-0.39, 0.29) is 35.5 Å². The van der Waals surface area contributed by atoms with Crippen molar-refractivity contribution in [1.82, 2.24) is 9.55 Å². The number of hydrogen-bond donors (Lipinski definition) is 2. The zero-order valence-electron chi connectivity index (χ0n) is 12.1. The van der Waals surface area contributed by atoms with Crippen molar-refractivity contribution >= 4 is 29.3 Å². The molecule has 0 atom stereocenters. The van der Waals surface area contributed by atoms with Crippen LogP contribution in [0.4, 0.5) is 5.82 Å². The molecule has 1 aliphatic carbocycles. The Hall–Kier alpha value is -2.03. The van der Waals surface area contributed by atoms with Crippen molar-refractivity contribution in [2.75, 3.05) is 23.8 Å². The number of aromatic amines is 1. The Labute approximate surface area is 130 Å². The highest BCUT2D eigenvalue weighted by Crippen LogP contribution is 2.35. The van der Waals surface area contributed by atoms with E-state index >= 15 is 0 Å². The monoisotopic (exact) mass is 327 g/mol. The van der Waals surface area contributed by atoms with Gasteiger partial charge in [0.2, 0.25) is 0 Å². The number of aromatic nitrogens is 2. The number of anilines is 1. The molecule has 0 aromatic carbocycles. The van der Waals surface area contributed by atoms with Gasteiger partial charge in [-0.15, -0.1) is 11.8 Å². The smallest absolute Gasteiger partial charge is 0.330 e. The van der Waals surface area contributed by atoms with Crippen LogP contribution in [-0.2, 0) is 9.53 Å². The number of ketones is 1. The Morgan fingerprint density at radius 2 is 2.05 bits per heavy atom. The summed E-state index contributed by atoms with van der Waals surface area (Å²) in [5, 5.41) is 0. The first-order chi connectivity index (χ1) is 10.5. The standard InChI is InChI=1S/C13H17N3O5S/c1-2-21-9(18)6-22-5-8(17)10-11(14)16(7-3-4-7)13(20)15-12(10)19/h7H,2-6,14H2,1H3,(H,15,19,20). The Morgan fingerprint density at radius 3 is 2.64 bits per heavy atom. The molecule has 0 radical (unpaired) electrons. The van der Waals surface area contributed by atoms with Crippen molar-refractivity contribution in [3.63, 3.8) is 0 Å². The molecule has 0 spiro atoms. The fourth-order valence-electron chi connectivity index (χ4n) is 2.03. The number of nitrogen functional groups attached to an aromatic ring is 1. The first kappa shape index (κ1) is 16.3. The van der Waals surface area contributed by atoms with Gasteiger partial charge >= 0.3 is 11.7 Å². The van der Waals surface area contributed by atoms with Crippen LogP contribution in [0.3, 0.4) is 0 Å². The molecule has 1 aromatic rings. The zero-order valence-corrected chi connectivity index (χ0v) is 12.9. The Bertz CT molecular complexity index is 705. The van der Waals surface area contributed by atoms with Crippen molar-refractivity contribution < 1.29 is 14.3 Å². The van der Waals surface area contributed by atoms with E-state index in [9.17, 15) is 19.2 Å². The van der Waals surface area contributed by atoms with Crippen molar-refractivity contribution in [2.45, 2.75) is 25.8 Å². The van der Waals surface area contributed by atoms with Crippen LogP contribution < -0.4 is 17.0 Å². The predicted molar refractivity (Wildman–Crippen MR) is 82.3 cm³/mol. The van der Waals surface area contributed by atoms with E-state index in [1.807, 2.05) is 0 Å². The van der Waals surface area contributed by atoms with Crippen LogP contribution in [0.1, 0.15) is 36.2 Å². The summed E-state index contributed by atoms with van der Waals surface area (Å²) in [4.78, 5) is 49.0. The molecule has 1 fully saturated rings. The quantitative estimate of drug-likeness (QED) is 0.530. The summed E-state index contributed by atoms with van der Waals surface area (Å²) in [5.41, 5.74) is 4.22. The van der Waals surface area contributed by atoms with Crippen LogP contribution in [-0.4, -0.2) is 39.4 Å². The van der Waals surface area contributed by atoms with Crippen molar-refractivity contribution in [3.8, 4) is 0 Å². The minimum absolute atomic E-state index is 0.0135. The van der Waals surface area contributed by atoms with Crippen molar-refractivity contribution in [2.24, 2.45) is 0 Å². The van der Waals surface area contributed by atoms with Gasteiger partial charge in [-0.1, -0.05) is 0 Å². The van der Waals surface area contributed by atoms with Gasteiger partial charge in [0.25, 0.3) is 5.56 Å². The van der Waals surface area contributed by atoms with Crippen molar-refractivity contribution in [1.29, 1.82) is 0 Å². The minimum atomic E-state index is -0.791. The van der Waals surface area contributed by atoms with Gasteiger partial charge in [-0.25, -0.2) is 4.79 Å². The van der Waals surface area contributed by atoms with Gasteiger partial charge in [0.05, 0.1) is 18.1 Å². The second-order valence-corrected chi connectivity index (χ2v) is 5.83. The zero-order chi connectivity index (χ0) is 16.3. The summed E-state index contributed by atoms with van der Waals surface area (Å²) in [7, 11) is 0. The molecule has 2 rings (SSSR count). The number of ether oxygens (including phenoxy) is 1. The van der Waals surface area contributed by atoms with Crippen LogP contribution in [0.5, 0.6) is 0 Å². The largest absolute Gasteiger partial charge is 0.465 e. The summed E-state index contributed by atoms with van der Waals surface area (Å²) < 4.78 is 6.00. The number of Topliss-reactive ketones (excluding diaryl/α,β-unsaturated/α-hetero) is 1. The van der Waals surface area contributed by atoms with E-state index in [1.54, 1.807) is 6.92 Å². The van der Waals surface area contributed by atoms with E-state index in [2.05, 4.69) is 4.98 Å². The molecule has 1 aliphatic rings. The van der Waals surface area contributed by atoms with Gasteiger partial charge < -0.3 is 10.5 Å². The fraction of sp³-hybridized carbons (Fsp3) is 0.538. The lowest BCUT2D eigenvalue weighted by Crippen LogP contribution is -2.36. The summed E-state index contributed by atoms with van der Waals surface area (Å²) in [5.74, 6) is -1.11. The highest BCUT2D eigenvalue weighted by Gasteiger charge is 2.29. The molecule has 1 heterocycles.